The zero-order chi connectivity index (χ0) is 8.55. The zero-order valence-electron chi connectivity index (χ0n) is 7.26. The molecule has 1 aliphatic rings. The molecule has 0 spiro atoms. The molecule has 2 rings (SSSR count). The molecule has 0 atom stereocenters. The maximum atomic E-state index is 5.76. The van der Waals surface area contributed by atoms with Crippen molar-refractivity contribution in [3.8, 4) is 5.75 Å². The van der Waals surface area contributed by atoms with Gasteiger partial charge in [-0.25, -0.2) is 0 Å². The summed E-state index contributed by atoms with van der Waals surface area (Å²) in [4.78, 5) is 0. The summed E-state index contributed by atoms with van der Waals surface area (Å²) in [6, 6.07) is 4.03. The predicted octanol–water partition coefficient (Wildman–Crippen LogP) is 1.90. The van der Waals surface area contributed by atoms with E-state index >= 15 is 0 Å². The number of nitrogen functional groups attached to an aromatic ring is 1. The summed E-state index contributed by atoms with van der Waals surface area (Å²) in [5.41, 5.74) is 8.98. The van der Waals surface area contributed by atoms with Gasteiger partial charge in [0.25, 0.3) is 0 Å². The molecule has 0 aliphatic carbocycles. The topological polar surface area (TPSA) is 35.2 Å². The van der Waals surface area contributed by atoms with Crippen molar-refractivity contribution in [2.24, 2.45) is 0 Å². The molecular formula is C10H13NO. The first kappa shape index (κ1) is 7.47. The lowest BCUT2D eigenvalue weighted by atomic mass is 10.0. The van der Waals surface area contributed by atoms with Crippen molar-refractivity contribution in [3.63, 3.8) is 0 Å². The highest BCUT2D eigenvalue weighted by Crippen LogP contribution is 2.31. The minimum Gasteiger partial charge on any atom is -0.493 e. The molecule has 0 unspecified atom stereocenters. The van der Waals surface area contributed by atoms with Crippen LogP contribution in [0.1, 0.15) is 17.5 Å². The van der Waals surface area contributed by atoms with E-state index in [1.165, 1.54) is 5.56 Å². The molecule has 0 saturated heterocycles. The average Bonchev–Trinajstić information content (AvgIpc) is 2.12. The van der Waals surface area contributed by atoms with Crippen LogP contribution in [0.5, 0.6) is 5.75 Å². The number of ether oxygens (including phenoxy) is 1. The van der Waals surface area contributed by atoms with Crippen LogP contribution in [0.25, 0.3) is 0 Å². The molecule has 0 amide bonds. The molecular weight excluding hydrogens is 150 g/mol. The Hall–Kier alpha value is -1.18. The molecule has 0 saturated carbocycles. The predicted molar refractivity (Wildman–Crippen MR) is 49.4 cm³/mol. The van der Waals surface area contributed by atoms with Crippen molar-refractivity contribution in [2.75, 3.05) is 12.3 Å². The van der Waals surface area contributed by atoms with E-state index < -0.39 is 0 Å². The molecule has 1 aliphatic heterocycles. The molecule has 2 N–H and O–H groups in total. The maximum Gasteiger partial charge on any atom is 0.127 e. The van der Waals surface area contributed by atoms with Crippen LogP contribution in [-0.4, -0.2) is 6.61 Å². The van der Waals surface area contributed by atoms with Gasteiger partial charge >= 0.3 is 0 Å². The van der Waals surface area contributed by atoms with E-state index in [2.05, 4.69) is 6.07 Å². The Labute approximate surface area is 72.3 Å². The zero-order valence-corrected chi connectivity index (χ0v) is 7.26. The van der Waals surface area contributed by atoms with Crippen LogP contribution < -0.4 is 10.5 Å². The lowest BCUT2D eigenvalue weighted by Gasteiger charge is -2.19. The molecule has 64 valence electrons. The van der Waals surface area contributed by atoms with Crippen LogP contribution >= 0.6 is 0 Å². The van der Waals surface area contributed by atoms with Gasteiger partial charge in [0.15, 0.2) is 0 Å². The quantitative estimate of drug-likeness (QED) is 0.593. The van der Waals surface area contributed by atoms with Crippen molar-refractivity contribution < 1.29 is 4.74 Å². The van der Waals surface area contributed by atoms with Gasteiger partial charge in [0.2, 0.25) is 0 Å². The second-order valence-corrected chi connectivity index (χ2v) is 3.22. The lowest BCUT2D eigenvalue weighted by Crippen LogP contribution is -2.10. The monoisotopic (exact) mass is 163 g/mol. The molecule has 2 heteroatoms. The molecule has 1 heterocycles. The number of hydrogen-bond donors (Lipinski definition) is 1. The summed E-state index contributed by atoms with van der Waals surface area (Å²) in [6.45, 7) is 2.84. The molecule has 0 fully saturated rings. The Kier molecular flexibility index (Phi) is 1.68. The second-order valence-electron chi connectivity index (χ2n) is 3.22. The van der Waals surface area contributed by atoms with E-state index in [4.69, 9.17) is 10.5 Å². The van der Waals surface area contributed by atoms with Gasteiger partial charge in [0, 0.05) is 11.3 Å². The van der Waals surface area contributed by atoms with Gasteiger partial charge < -0.3 is 10.5 Å². The first-order valence-corrected chi connectivity index (χ1v) is 4.30. The van der Waals surface area contributed by atoms with Gasteiger partial charge in [-0.2, -0.15) is 0 Å². The number of benzene rings is 1. The van der Waals surface area contributed by atoms with Crippen molar-refractivity contribution >= 4 is 5.69 Å². The summed E-state index contributed by atoms with van der Waals surface area (Å²) in [6.07, 6.45) is 2.24. The third kappa shape index (κ3) is 1.04. The minimum absolute atomic E-state index is 0.829. The fourth-order valence-electron chi connectivity index (χ4n) is 1.60. The van der Waals surface area contributed by atoms with Gasteiger partial charge in [-0.15, -0.1) is 0 Å². The standard InChI is InChI=1S/C10H13NO/c1-7-9(11)5-4-8-3-2-6-12-10(7)8/h4-5H,2-3,6,11H2,1H3. The van der Waals surface area contributed by atoms with E-state index in [0.717, 1.165) is 36.4 Å². The highest BCUT2D eigenvalue weighted by molar-refractivity contribution is 5.57. The van der Waals surface area contributed by atoms with E-state index in [-0.39, 0.29) is 0 Å². The van der Waals surface area contributed by atoms with Crippen molar-refractivity contribution in [1.82, 2.24) is 0 Å². The average molecular weight is 163 g/mol. The van der Waals surface area contributed by atoms with E-state index in [1.54, 1.807) is 0 Å². The molecule has 12 heavy (non-hydrogen) atoms. The lowest BCUT2D eigenvalue weighted by molar-refractivity contribution is 0.286. The SMILES string of the molecule is Cc1c(N)ccc2c1OCCC2. The van der Waals surface area contributed by atoms with Crippen LogP contribution in [0, 0.1) is 6.92 Å². The molecule has 1 aromatic carbocycles. The van der Waals surface area contributed by atoms with Gasteiger partial charge in [-0.1, -0.05) is 6.07 Å². The minimum atomic E-state index is 0.829. The maximum absolute atomic E-state index is 5.76. The van der Waals surface area contributed by atoms with E-state index in [1.807, 2.05) is 13.0 Å². The highest BCUT2D eigenvalue weighted by atomic mass is 16.5. The van der Waals surface area contributed by atoms with Crippen LogP contribution in [0.2, 0.25) is 0 Å². The number of rotatable bonds is 0. The number of anilines is 1. The van der Waals surface area contributed by atoms with E-state index in [0.29, 0.717) is 0 Å². The second kappa shape index (κ2) is 2.70. The summed E-state index contributed by atoms with van der Waals surface area (Å²) in [5.74, 6) is 1.02. The molecule has 0 bridgehead atoms. The van der Waals surface area contributed by atoms with Crippen molar-refractivity contribution in [3.05, 3.63) is 23.3 Å². The van der Waals surface area contributed by atoms with Crippen molar-refractivity contribution in [1.29, 1.82) is 0 Å². The van der Waals surface area contributed by atoms with E-state index in [9.17, 15) is 0 Å². The Morgan fingerprint density at radius 2 is 2.25 bits per heavy atom. The summed E-state index contributed by atoms with van der Waals surface area (Å²) in [7, 11) is 0. The Morgan fingerprint density at radius 3 is 3.08 bits per heavy atom. The smallest absolute Gasteiger partial charge is 0.127 e. The Morgan fingerprint density at radius 1 is 1.42 bits per heavy atom. The van der Waals surface area contributed by atoms with Crippen LogP contribution in [0.3, 0.4) is 0 Å². The molecule has 0 aromatic heterocycles. The first-order chi connectivity index (χ1) is 5.79. The summed E-state index contributed by atoms with van der Waals surface area (Å²) >= 11 is 0. The van der Waals surface area contributed by atoms with Crippen LogP contribution in [0.15, 0.2) is 12.1 Å². The number of aryl methyl sites for hydroxylation is 1. The van der Waals surface area contributed by atoms with Gasteiger partial charge in [0.05, 0.1) is 6.61 Å². The third-order valence-electron chi connectivity index (χ3n) is 2.37. The third-order valence-corrected chi connectivity index (χ3v) is 2.37. The largest absolute Gasteiger partial charge is 0.493 e. The van der Waals surface area contributed by atoms with Gasteiger partial charge in [0.1, 0.15) is 5.75 Å². The molecule has 0 radical (unpaired) electrons. The normalized spacial score (nSPS) is 15.1. The van der Waals surface area contributed by atoms with Gasteiger partial charge in [-0.05, 0) is 31.4 Å². The highest BCUT2D eigenvalue weighted by Gasteiger charge is 2.13. The van der Waals surface area contributed by atoms with Crippen LogP contribution in [-0.2, 0) is 6.42 Å². The number of nitrogens with two attached hydrogens (primary N) is 1. The fourth-order valence-corrected chi connectivity index (χ4v) is 1.60. The fraction of sp³-hybridized carbons (Fsp3) is 0.400. The van der Waals surface area contributed by atoms with Gasteiger partial charge in [-0.3, -0.25) is 0 Å². The summed E-state index contributed by atoms with van der Waals surface area (Å²) in [5, 5.41) is 0. The summed E-state index contributed by atoms with van der Waals surface area (Å²) < 4.78 is 5.56. The Bertz CT molecular complexity index is 307. The first-order valence-electron chi connectivity index (χ1n) is 4.30. The van der Waals surface area contributed by atoms with Crippen LogP contribution in [0.4, 0.5) is 5.69 Å². The number of fused-ring (bicyclic) bond motifs is 1. The Balaban J connectivity index is 2.54. The molecule has 2 nitrogen and oxygen atoms in total. The van der Waals surface area contributed by atoms with Crippen molar-refractivity contribution in [2.45, 2.75) is 19.8 Å². The molecule has 1 aromatic rings. The number of hydrogen-bond acceptors (Lipinski definition) is 2.